The van der Waals surface area contributed by atoms with E-state index in [4.69, 9.17) is 0 Å². The van der Waals surface area contributed by atoms with E-state index in [9.17, 15) is 4.79 Å². The molecule has 0 fully saturated rings. The van der Waals surface area contributed by atoms with Gasteiger partial charge in [-0.15, -0.1) is 0 Å². The standard InChI is InChI=1S/C9H12.C4H10N4O2/c1-2-6-9-7-4-3-5-8-9;1-2-3-10-8-7-4(9)6-5/h3-5,7-8H,2,6H2,1H3;2-3,5H2,1H3,(H,6,9). The summed E-state index contributed by atoms with van der Waals surface area (Å²) in [6.45, 7) is 4.56. The molecular weight excluding hydrogens is 244 g/mol. The van der Waals surface area contributed by atoms with Crippen molar-refractivity contribution in [2.75, 3.05) is 6.61 Å². The van der Waals surface area contributed by atoms with Crippen molar-refractivity contribution >= 4 is 6.03 Å². The van der Waals surface area contributed by atoms with Crippen LogP contribution >= 0.6 is 0 Å². The Morgan fingerprint density at radius 1 is 1.26 bits per heavy atom. The molecule has 0 saturated heterocycles. The van der Waals surface area contributed by atoms with E-state index < -0.39 is 6.03 Å². The van der Waals surface area contributed by atoms with E-state index in [2.05, 4.69) is 58.3 Å². The summed E-state index contributed by atoms with van der Waals surface area (Å²) in [5.74, 6) is 4.68. The van der Waals surface area contributed by atoms with Crippen LogP contribution in [0.15, 0.2) is 40.7 Å². The number of urea groups is 1. The normalized spacial score (nSPS) is 9.63. The van der Waals surface area contributed by atoms with Gasteiger partial charge in [0.2, 0.25) is 0 Å². The minimum absolute atomic E-state index is 0.446. The molecule has 0 heterocycles. The lowest BCUT2D eigenvalue weighted by atomic mass is 10.1. The van der Waals surface area contributed by atoms with Crippen LogP contribution in [-0.4, -0.2) is 12.6 Å². The van der Waals surface area contributed by atoms with Crippen LogP contribution in [-0.2, 0) is 11.3 Å². The Labute approximate surface area is 114 Å². The van der Waals surface area contributed by atoms with Crippen LogP contribution in [0.25, 0.3) is 0 Å². The van der Waals surface area contributed by atoms with Crippen molar-refractivity contribution in [3.8, 4) is 0 Å². The van der Waals surface area contributed by atoms with Crippen LogP contribution in [0.1, 0.15) is 32.3 Å². The molecule has 0 aromatic heterocycles. The Hall–Kier alpha value is -1.95. The maximum absolute atomic E-state index is 10.2. The molecular formula is C13H22N4O2. The lowest BCUT2D eigenvalue weighted by Crippen LogP contribution is -2.26. The first-order valence-corrected chi connectivity index (χ1v) is 6.32. The first-order chi connectivity index (χ1) is 9.24. The van der Waals surface area contributed by atoms with Gasteiger partial charge in [0.15, 0.2) is 0 Å². The van der Waals surface area contributed by atoms with Gasteiger partial charge in [0.25, 0.3) is 0 Å². The fraction of sp³-hybridized carbons (Fsp3) is 0.462. The lowest BCUT2D eigenvalue weighted by molar-refractivity contribution is 0.124. The van der Waals surface area contributed by atoms with Crippen molar-refractivity contribution in [3.63, 3.8) is 0 Å². The van der Waals surface area contributed by atoms with Gasteiger partial charge in [-0.2, -0.15) is 0 Å². The summed E-state index contributed by atoms with van der Waals surface area (Å²) in [6, 6.07) is 9.85. The lowest BCUT2D eigenvalue weighted by Gasteiger charge is -1.93. The monoisotopic (exact) mass is 266 g/mol. The highest BCUT2D eigenvalue weighted by Crippen LogP contribution is 2.00. The summed E-state index contributed by atoms with van der Waals surface area (Å²) in [4.78, 5) is 14.7. The maximum atomic E-state index is 10.2. The number of nitrogens with two attached hydrogens (primary N) is 1. The predicted octanol–water partition coefficient (Wildman–Crippen LogP) is 3.00. The molecule has 0 saturated carbocycles. The fourth-order valence-corrected chi connectivity index (χ4v) is 1.16. The van der Waals surface area contributed by atoms with Crippen molar-refractivity contribution in [1.82, 2.24) is 5.43 Å². The van der Waals surface area contributed by atoms with Crippen LogP contribution < -0.4 is 11.3 Å². The maximum Gasteiger partial charge on any atom is 0.376 e. The fourth-order valence-electron chi connectivity index (χ4n) is 1.16. The van der Waals surface area contributed by atoms with E-state index in [-0.39, 0.29) is 0 Å². The molecule has 6 heteroatoms. The number of nitrogens with one attached hydrogen (secondary N) is 1. The third kappa shape index (κ3) is 10.9. The second-order valence-corrected chi connectivity index (χ2v) is 3.70. The van der Waals surface area contributed by atoms with Gasteiger partial charge in [-0.3, -0.25) is 5.43 Å². The van der Waals surface area contributed by atoms with Gasteiger partial charge in [-0.1, -0.05) is 55.7 Å². The van der Waals surface area contributed by atoms with Crippen molar-refractivity contribution in [2.45, 2.75) is 33.1 Å². The molecule has 2 amide bonds. The molecule has 1 rings (SSSR count). The molecule has 0 aliphatic rings. The second kappa shape index (κ2) is 12.5. The summed E-state index contributed by atoms with van der Waals surface area (Å²) in [6.07, 6.45) is 3.27. The number of rotatable bonds is 5. The Balaban J connectivity index is 0.000000342. The van der Waals surface area contributed by atoms with Gasteiger partial charge < -0.3 is 4.84 Å². The summed E-state index contributed by atoms with van der Waals surface area (Å²) in [7, 11) is 0. The van der Waals surface area contributed by atoms with Crippen molar-refractivity contribution in [3.05, 3.63) is 35.9 Å². The van der Waals surface area contributed by atoms with E-state index in [1.165, 1.54) is 18.4 Å². The van der Waals surface area contributed by atoms with Gasteiger partial charge in [-0.05, 0) is 18.4 Å². The molecule has 6 nitrogen and oxygen atoms in total. The number of hydrogen-bond donors (Lipinski definition) is 2. The molecule has 19 heavy (non-hydrogen) atoms. The minimum Gasteiger partial charge on any atom is -0.379 e. The SMILES string of the molecule is CCCON=NC(=O)NN.CCCc1ccccc1. The number of benzene rings is 1. The second-order valence-electron chi connectivity index (χ2n) is 3.70. The smallest absolute Gasteiger partial charge is 0.376 e. The molecule has 0 radical (unpaired) electrons. The van der Waals surface area contributed by atoms with E-state index >= 15 is 0 Å². The third-order valence-electron chi connectivity index (χ3n) is 1.99. The first-order valence-electron chi connectivity index (χ1n) is 6.32. The molecule has 106 valence electrons. The number of nitrogens with zero attached hydrogens (tertiary/aromatic N) is 2. The Morgan fingerprint density at radius 3 is 2.47 bits per heavy atom. The van der Waals surface area contributed by atoms with Gasteiger partial charge >= 0.3 is 6.03 Å². The molecule has 0 spiro atoms. The van der Waals surface area contributed by atoms with Crippen molar-refractivity contribution in [2.24, 2.45) is 16.2 Å². The highest BCUT2D eigenvalue weighted by atomic mass is 16.6. The minimum atomic E-state index is -0.726. The zero-order valence-corrected chi connectivity index (χ0v) is 11.5. The molecule has 3 N–H and O–H groups in total. The Morgan fingerprint density at radius 2 is 1.95 bits per heavy atom. The Bertz CT molecular complexity index is 355. The number of amides is 2. The predicted molar refractivity (Wildman–Crippen MR) is 74.3 cm³/mol. The molecule has 0 aliphatic carbocycles. The van der Waals surface area contributed by atoms with Crippen LogP contribution in [0.4, 0.5) is 4.79 Å². The highest BCUT2D eigenvalue weighted by Gasteiger charge is 1.89. The van der Waals surface area contributed by atoms with E-state index in [0.29, 0.717) is 6.61 Å². The van der Waals surface area contributed by atoms with Gasteiger partial charge in [0.05, 0.1) is 0 Å². The summed E-state index contributed by atoms with van der Waals surface area (Å²) < 4.78 is 0. The zero-order chi connectivity index (χ0) is 14.3. The molecule has 1 aromatic rings. The number of hydrogen-bond acceptors (Lipinski definition) is 4. The average Bonchev–Trinajstić information content (AvgIpc) is 2.45. The third-order valence-corrected chi connectivity index (χ3v) is 1.99. The van der Waals surface area contributed by atoms with E-state index in [1.54, 1.807) is 5.43 Å². The van der Waals surface area contributed by atoms with Crippen LogP contribution in [0.5, 0.6) is 0 Å². The van der Waals surface area contributed by atoms with Crippen molar-refractivity contribution < 1.29 is 9.63 Å². The number of hydrazine groups is 1. The Kier molecular flexibility index (Phi) is 11.2. The number of carbonyl (C=O) groups is 1. The molecule has 0 unspecified atom stereocenters. The first kappa shape index (κ1) is 17.1. The van der Waals surface area contributed by atoms with Gasteiger partial charge in [-0.25, -0.2) is 10.6 Å². The number of aryl methyl sites for hydroxylation is 1. The van der Waals surface area contributed by atoms with Crippen LogP contribution in [0.2, 0.25) is 0 Å². The van der Waals surface area contributed by atoms with Crippen LogP contribution in [0.3, 0.4) is 0 Å². The van der Waals surface area contributed by atoms with Crippen LogP contribution in [0, 0.1) is 0 Å². The largest absolute Gasteiger partial charge is 0.379 e. The highest BCUT2D eigenvalue weighted by molar-refractivity contribution is 5.73. The zero-order valence-electron chi connectivity index (χ0n) is 11.5. The number of carbonyl (C=O) groups excluding carboxylic acids is 1. The average molecular weight is 266 g/mol. The molecule has 0 bridgehead atoms. The van der Waals surface area contributed by atoms with Gasteiger partial charge in [0.1, 0.15) is 6.61 Å². The summed E-state index contributed by atoms with van der Waals surface area (Å²) in [5, 5.41) is 6.07. The topological polar surface area (TPSA) is 89.1 Å². The summed E-state index contributed by atoms with van der Waals surface area (Å²) in [5.41, 5.74) is 3.21. The van der Waals surface area contributed by atoms with E-state index in [1.807, 2.05) is 6.92 Å². The quantitative estimate of drug-likeness (QED) is 0.282. The molecule has 0 atom stereocenters. The van der Waals surface area contributed by atoms with Gasteiger partial charge in [0, 0.05) is 5.28 Å². The molecule has 1 aromatic carbocycles. The van der Waals surface area contributed by atoms with E-state index in [0.717, 1.165) is 6.42 Å². The van der Waals surface area contributed by atoms with Crippen molar-refractivity contribution in [1.29, 1.82) is 0 Å². The summed E-state index contributed by atoms with van der Waals surface area (Å²) >= 11 is 0. The molecule has 0 aliphatic heterocycles.